The number of amides is 1. The number of fused-ring (bicyclic) bond motifs is 2. The first-order chi connectivity index (χ1) is 15.8. The van der Waals surface area contributed by atoms with Crippen LogP contribution in [-0.2, 0) is 6.54 Å². The van der Waals surface area contributed by atoms with E-state index in [0.29, 0.717) is 34.5 Å². The molecule has 0 aliphatic carbocycles. The van der Waals surface area contributed by atoms with Crippen molar-refractivity contribution < 1.29 is 9.53 Å². The van der Waals surface area contributed by atoms with Gasteiger partial charge in [0.2, 0.25) is 0 Å². The number of pyridine rings is 2. The topological polar surface area (TPSA) is 102 Å². The number of aromatic nitrogens is 3. The van der Waals surface area contributed by atoms with Crippen LogP contribution in [0.3, 0.4) is 0 Å². The van der Waals surface area contributed by atoms with E-state index >= 15 is 0 Å². The predicted octanol–water partition coefficient (Wildman–Crippen LogP) is 3.24. The molecule has 0 saturated carbocycles. The van der Waals surface area contributed by atoms with Crippen LogP contribution in [0.25, 0.3) is 16.7 Å². The van der Waals surface area contributed by atoms with E-state index in [1.807, 2.05) is 26.8 Å². The highest BCUT2D eigenvalue weighted by Crippen LogP contribution is 2.15. The third-order valence-corrected chi connectivity index (χ3v) is 5.30. The number of carbonyl (C=O) groups is 1. The molecule has 4 aromatic rings. The van der Waals surface area contributed by atoms with E-state index in [-0.39, 0.29) is 22.5 Å². The molecule has 0 radical (unpaired) electrons. The fourth-order valence-electron chi connectivity index (χ4n) is 3.74. The van der Waals surface area contributed by atoms with E-state index in [4.69, 9.17) is 9.72 Å². The fraction of sp³-hybridized carbons (Fsp3) is 0.240. The molecular formula is C25H23N5O3. The van der Waals surface area contributed by atoms with Crippen molar-refractivity contribution in [3.05, 3.63) is 81.2 Å². The van der Waals surface area contributed by atoms with Crippen molar-refractivity contribution in [2.75, 3.05) is 7.11 Å². The third-order valence-electron chi connectivity index (χ3n) is 5.30. The maximum Gasteiger partial charge on any atom is 0.279 e. The number of ether oxygens (including phenoxy) is 1. The highest BCUT2D eigenvalue weighted by molar-refractivity contribution is 5.95. The van der Waals surface area contributed by atoms with Crippen LogP contribution in [0.1, 0.15) is 35.3 Å². The summed E-state index contributed by atoms with van der Waals surface area (Å²) in [5.74, 6) is 0.155. The van der Waals surface area contributed by atoms with Crippen molar-refractivity contribution in [2.24, 2.45) is 10.9 Å². The second kappa shape index (κ2) is 8.71. The van der Waals surface area contributed by atoms with Crippen molar-refractivity contribution >= 4 is 22.6 Å². The Hall–Kier alpha value is -4.25. The van der Waals surface area contributed by atoms with Crippen LogP contribution in [0.15, 0.2) is 58.4 Å². The smallest absolute Gasteiger partial charge is 0.279 e. The minimum absolute atomic E-state index is 0.130. The highest BCUT2D eigenvalue weighted by atomic mass is 16.5. The molecule has 1 aromatic carbocycles. The summed E-state index contributed by atoms with van der Waals surface area (Å²) in [4.78, 5) is 35.4. The molecule has 8 heteroatoms. The van der Waals surface area contributed by atoms with Crippen molar-refractivity contribution in [1.82, 2.24) is 14.0 Å². The first kappa shape index (κ1) is 22.0. The van der Waals surface area contributed by atoms with E-state index in [1.165, 1.54) is 17.6 Å². The maximum absolute atomic E-state index is 13.3. The highest BCUT2D eigenvalue weighted by Gasteiger charge is 2.17. The molecule has 4 rings (SSSR count). The van der Waals surface area contributed by atoms with Crippen LogP contribution in [0, 0.1) is 24.2 Å². The van der Waals surface area contributed by atoms with Gasteiger partial charge in [-0.1, -0.05) is 26.0 Å². The Kier molecular flexibility index (Phi) is 5.80. The summed E-state index contributed by atoms with van der Waals surface area (Å²) in [6.45, 7) is 6.31. The van der Waals surface area contributed by atoms with Crippen LogP contribution in [0.4, 0.5) is 0 Å². The van der Waals surface area contributed by atoms with Gasteiger partial charge in [0, 0.05) is 18.3 Å². The summed E-state index contributed by atoms with van der Waals surface area (Å²) in [5, 5.41) is 10.2. The number of rotatable bonds is 4. The molecule has 0 spiro atoms. The third kappa shape index (κ3) is 4.01. The van der Waals surface area contributed by atoms with Crippen molar-refractivity contribution in [3.63, 3.8) is 0 Å². The van der Waals surface area contributed by atoms with Gasteiger partial charge in [0.15, 0.2) is 5.49 Å². The maximum atomic E-state index is 13.3. The number of nitriles is 1. The van der Waals surface area contributed by atoms with E-state index in [0.717, 1.165) is 5.56 Å². The standard InChI is InChI=1S/C25H23N5O3/c1-15(2)14-30-22(28-24(31)17-8-5-9-19(11-17)33-4)18(13-26)12-20-23(30)27-21-16(3)7-6-10-29(21)25(20)32/h5-12,15H,14H2,1-4H3. The number of benzene rings is 1. The zero-order valence-electron chi connectivity index (χ0n) is 18.9. The number of methoxy groups -OCH3 is 1. The second-order valence-electron chi connectivity index (χ2n) is 8.19. The molecule has 3 aromatic heterocycles. The molecule has 166 valence electrons. The quantitative estimate of drug-likeness (QED) is 0.453. The summed E-state index contributed by atoms with van der Waals surface area (Å²) in [5.41, 5.74) is 2.10. The summed E-state index contributed by atoms with van der Waals surface area (Å²) < 4.78 is 8.37. The van der Waals surface area contributed by atoms with Crippen molar-refractivity contribution in [1.29, 1.82) is 5.26 Å². The molecular weight excluding hydrogens is 418 g/mol. The molecule has 1 amide bonds. The number of aryl methyl sites for hydroxylation is 1. The van der Waals surface area contributed by atoms with Gasteiger partial charge in [0.05, 0.1) is 18.1 Å². The largest absolute Gasteiger partial charge is 0.497 e. The van der Waals surface area contributed by atoms with Gasteiger partial charge in [-0.3, -0.25) is 14.0 Å². The van der Waals surface area contributed by atoms with Crippen molar-refractivity contribution in [2.45, 2.75) is 27.3 Å². The van der Waals surface area contributed by atoms with Crippen LogP contribution in [0.5, 0.6) is 5.75 Å². The first-order valence-electron chi connectivity index (χ1n) is 10.5. The van der Waals surface area contributed by atoms with Crippen molar-refractivity contribution in [3.8, 4) is 11.8 Å². The Morgan fingerprint density at radius 3 is 2.70 bits per heavy atom. The Morgan fingerprint density at radius 2 is 2.00 bits per heavy atom. The molecule has 0 aliphatic rings. The van der Waals surface area contributed by atoms with Gasteiger partial charge in [-0.05, 0) is 48.7 Å². The Labute approximate surface area is 190 Å². The zero-order valence-corrected chi connectivity index (χ0v) is 18.9. The lowest BCUT2D eigenvalue weighted by atomic mass is 10.1. The van der Waals surface area contributed by atoms with Gasteiger partial charge in [-0.2, -0.15) is 10.3 Å². The number of hydrogen-bond acceptors (Lipinski definition) is 5. The van der Waals surface area contributed by atoms with Gasteiger partial charge in [0.25, 0.3) is 11.5 Å². The Bertz CT molecular complexity index is 1570. The fourth-order valence-corrected chi connectivity index (χ4v) is 3.74. The lowest BCUT2D eigenvalue weighted by Gasteiger charge is -2.15. The Balaban J connectivity index is 2.10. The van der Waals surface area contributed by atoms with E-state index in [1.54, 1.807) is 41.1 Å². The number of nitrogens with zero attached hydrogens (tertiary/aromatic N) is 5. The van der Waals surface area contributed by atoms with Crippen LogP contribution in [-0.4, -0.2) is 27.0 Å². The summed E-state index contributed by atoms with van der Waals surface area (Å²) in [6, 6.07) is 13.9. The van der Waals surface area contributed by atoms with Crippen LogP contribution < -0.4 is 15.8 Å². The lowest BCUT2D eigenvalue weighted by molar-refractivity contribution is 0.0996. The summed E-state index contributed by atoms with van der Waals surface area (Å²) in [6.07, 6.45) is 1.65. The molecule has 0 bridgehead atoms. The average Bonchev–Trinajstić information content (AvgIpc) is 2.81. The van der Waals surface area contributed by atoms with Gasteiger partial charge in [-0.25, -0.2) is 4.98 Å². The average molecular weight is 441 g/mol. The van der Waals surface area contributed by atoms with Crippen LogP contribution in [0.2, 0.25) is 0 Å². The molecule has 0 saturated heterocycles. The molecule has 8 nitrogen and oxygen atoms in total. The van der Waals surface area contributed by atoms with Gasteiger partial charge in [0.1, 0.15) is 23.1 Å². The molecule has 0 unspecified atom stereocenters. The zero-order chi connectivity index (χ0) is 23.7. The molecule has 33 heavy (non-hydrogen) atoms. The number of carbonyl (C=O) groups excluding carboxylic acids is 1. The SMILES string of the molecule is COc1cccc(C(=O)N=c2c(C#N)cc3c(=O)n4cccc(C)c4nc3n2CC(C)C)c1. The minimum atomic E-state index is -0.518. The van der Waals surface area contributed by atoms with Gasteiger partial charge < -0.3 is 9.30 Å². The minimum Gasteiger partial charge on any atom is -0.497 e. The monoisotopic (exact) mass is 441 g/mol. The Morgan fingerprint density at radius 1 is 1.21 bits per heavy atom. The molecule has 3 heterocycles. The first-order valence-corrected chi connectivity index (χ1v) is 10.5. The molecule has 0 fully saturated rings. The van der Waals surface area contributed by atoms with E-state index in [2.05, 4.69) is 11.1 Å². The van der Waals surface area contributed by atoms with E-state index < -0.39 is 5.91 Å². The normalized spacial score (nSPS) is 11.8. The van der Waals surface area contributed by atoms with Gasteiger partial charge in [-0.15, -0.1) is 0 Å². The van der Waals surface area contributed by atoms with Gasteiger partial charge >= 0.3 is 0 Å². The summed E-state index contributed by atoms with van der Waals surface area (Å²) in [7, 11) is 1.52. The molecule has 0 atom stereocenters. The number of hydrogen-bond donors (Lipinski definition) is 0. The molecule has 0 aliphatic heterocycles. The van der Waals surface area contributed by atoms with E-state index in [9.17, 15) is 14.9 Å². The predicted molar refractivity (Wildman–Crippen MR) is 124 cm³/mol. The lowest BCUT2D eigenvalue weighted by Crippen LogP contribution is -2.31. The molecule has 0 N–H and O–H groups in total. The summed E-state index contributed by atoms with van der Waals surface area (Å²) >= 11 is 0. The van der Waals surface area contributed by atoms with Crippen LogP contribution >= 0.6 is 0 Å². The second-order valence-corrected chi connectivity index (χ2v) is 8.19.